The van der Waals surface area contributed by atoms with Crippen LogP contribution in [0.15, 0.2) is 42.5 Å². The Morgan fingerprint density at radius 2 is 1.56 bits per heavy atom. The number of nitrogens with one attached hydrogen (secondary N) is 1. The summed E-state index contributed by atoms with van der Waals surface area (Å²) < 4.78 is 16.2. The average molecular weight is 343 g/mol. The van der Waals surface area contributed by atoms with E-state index in [4.69, 9.17) is 14.2 Å². The fourth-order valence-corrected chi connectivity index (χ4v) is 2.53. The lowest BCUT2D eigenvalue weighted by atomic mass is 9.86. The van der Waals surface area contributed by atoms with E-state index in [0.717, 1.165) is 11.3 Å². The van der Waals surface area contributed by atoms with Crippen molar-refractivity contribution in [2.75, 3.05) is 26.1 Å². The Morgan fingerprint density at radius 3 is 2.12 bits per heavy atom. The quantitative estimate of drug-likeness (QED) is 0.861. The maximum absolute atomic E-state index is 12.3. The van der Waals surface area contributed by atoms with Crippen LogP contribution in [-0.2, 0) is 10.2 Å². The molecule has 2 rings (SSSR count). The normalized spacial score (nSPS) is 10.9. The zero-order chi connectivity index (χ0) is 18.4. The summed E-state index contributed by atoms with van der Waals surface area (Å²) in [5, 5.41) is 2.92. The summed E-state index contributed by atoms with van der Waals surface area (Å²) in [5.74, 6) is 1.20. The first-order valence-corrected chi connectivity index (χ1v) is 8.10. The van der Waals surface area contributed by atoms with Crippen LogP contribution in [0.2, 0.25) is 0 Å². The molecule has 0 saturated carbocycles. The summed E-state index contributed by atoms with van der Waals surface area (Å²) in [6, 6.07) is 13.1. The minimum Gasteiger partial charge on any atom is -0.493 e. The van der Waals surface area contributed by atoms with E-state index in [0.29, 0.717) is 17.2 Å². The zero-order valence-corrected chi connectivity index (χ0v) is 15.4. The van der Waals surface area contributed by atoms with Crippen LogP contribution < -0.4 is 19.5 Å². The maximum atomic E-state index is 12.3. The molecule has 0 fully saturated rings. The van der Waals surface area contributed by atoms with Gasteiger partial charge in [0.1, 0.15) is 0 Å². The van der Waals surface area contributed by atoms with Crippen LogP contribution in [0, 0.1) is 0 Å². The summed E-state index contributed by atoms with van der Waals surface area (Å²) in [4.78, 5) is 12.3. The van der Waals surface area contributed by atoms with Crippen LogP contribution in [-0.4, -0.2) is 26.7 Å². The molecule has 0 aliphatic rings. The van der Waals surface area contributed by atoms with Gasteiger partial charge in [-0.1, -0.05) is 45.0 Å². The van der Waals surface area contributed by atoms with Gasteiger partial charge < -0.3 is 19.5 Å². The van der Waals surface area contributed by atoms with Crippen molar-refractivity contribution in [2.24, 2.45) is 0 Å². The van der Waals surface area contributed by atoms with E-state index in [-0.39, 0.29) is 17.9 Å². The molecule has 0 aliphatic carbocycles. The molecule has 5 heteroatoms. The molecule has 0 radical (unpaired) electrons. The van der Waals surface area contributed by atoms with Gasteiger partial charge in [0.05, 0.1) is 14.2 Å². The van der Waals surface area contributed by atoms with Gasteiger partial charge in [0.25, 0.3) is 5.91 Å². The molecule has 0 saturated heterocycles. The smallest absolute Gasteiger partial charge is 0.262 e. The highest BCUT2D eigenvalue weighted by atomic mass is 16.5. The Hall–Kier alpha value is -2.69. The maximum Gasteiger partial charge on any atom is 0.262 e. The summed E-state index contributed by atoms with van der Waals surface area (Å²) in [5.41, 5.74) is 1.78. The third kappa shape index (κ3) is 4.66. The molecular weight excluding hydrogens is 318 g/mol. The highest BCUT2D eigenvalue weighted by molar-refractivity contribution is 5.92. The third-order valence-corrected chi connectivity index (χ3v) is 3.74. The average Bonchev–Trinajstić information content (AvgIpc) is 2.59. The van der Waals surface area contributed by atoms with Gasteiger partial charge in [-0.05, 0) is 29.2 Å². The fourth-order valence-electron chi connectivity index (χ4n) is 2.53. The van der Waals surface area contributed by atoms with Crippen molar-refractivity contribution in [2.45, 2.75) is 26.2 Å². The molecule has 5 nitrogen and oxygen atoms in total. The van der Waals surface area contributed by atoms with Gasteiger partial charge in [-0.3, -0.25) is 4.79 Å². The van der Waals surface area contributed by atoms with Crippen LogP contribution in [0.1, 0.15) is 26.3 Å². The largest absolute Gasteiger partial charge is 0.493 e. The summed E-state index contributed by atoms with van der Waals surface area (Å²) in [7, 11) is 3.09. The van der Waals surface area contributed by atoms with Crippen molar-refractivity contribution in [1.82, 2.24) is 0 Å². The standard InChI is InChI=1S/C20H25NO4/c1-20(2,3)14-9-6-7-10-15(14)21-18(22)13-25-19-16(23-4)11-8-12-17(19)24-5/h6-12H,13H2,1-5H3,(H,21,22). The number of rotatable bonds is 6. The number of amides is 1. The molecule has 0 bridgehead atoms. The number of carbonyl (C=O) groups excluding carboxylic acids is 1. The predicted octanol–water partition coefficient (Wildman–Crippen LogP) is 4.02. The molecule has 1 amide bonds. The van der Waals surface area contributed by atoms with Crippen LogP contribution in [0.4, 0.5) is 5.69 Å². The van der Waals surface area contributed by atoms with Gasteiger partial charge in [-0.15, -0.1) is 0 Å². The summed E-state index contributed by atoms with van der Waals surface area (Å²) >= 11 is 0. The third-order valence-electron chi connectivity index (χ3n) is 3.74. The Balaban J connectivity index is 2.11. The second kappa shape index (κ2) is 7.92. The number of ether oxygens (including phenoxy) is 3. The first-order valence-electron chi connectivity index (χ1n) is 8.10. The Bertz CT molecular complexity index is 712. The van der Waals surface area contributed by atoms with Gasteiger partial charge >= 0.3 is 0 Å². The molecule has 134 valence electrons. The highest BCUT2D eigenvalue weighted by Gasteiger charge is 2.19. The molecule has 0 heterocycles. The molecule has 0 atom stereocenters. The van der Waals surface area contributed by atoms with Crippen LogP contribution in [0.25, 0.3) is 0 Å². The number of anilines is 1. The van der Waals surface area contributed by atoms with Gasteiger partial charge in [-0.2, -0.15) is 0 Å². The molecule has 25 heavy (non-hydrogen) atoms. The fraction of sp³-hybridized carbons (Fsp3) is 0.350. The van der Waals surface area contributed by atoms with Crippen molar-refractivity contribution < 1.29 is 19.0 Å². The minimum atomic E-state index is -0.246. The van der Waals surface area contributed by atoms with Crippen LogP contribution in [0.5, 0.6) is 17.2 Å². The van der Waals surface area contributed by atoms with E-state index in [1.807, 2.05) is 24.3 Å². The zero-order valence-electron chi connectivity index (χ0n) is 15.4. The van der Waals surface area contributed by atoms with E-state index in [1.54, 1.807) is 32.4 Å². The number of hydrogen-bond donors (Lipinski definition) is 1. The first-order chi connectivity index (χ1) is 11.9. The Labute approximate surface area is 148 Å². The molecule has 1 N–H and O–H groups in total. The SMILES string of the molecule is COc1cccc(OC)c1OCC(=O)Nc1ccccc1C(C)(C)C. The van der Waals surface area contributed by atoms with E-state index in [1.165, 1.54) is 0 Å². The number of methoxy groups -OCH3 is 2. The van der Waals surface area contributed by atoms with E-state index >= 15 is 0 Å². The number of carbonyl (C=O) groups is 1. The number of benzene rings is 2. The van der Waals surface area contributed by atoms with E-state index in [2.05, 4.69) is 26.1 Å². The lowest BCUT2D eigenvalue weighted by Crippen LogP contribution is -2.23. The van der Waals surface area contributed by atoms with E-state index < -0.39 is 0 Å². The number of para-hydroxylation sites is 2. The van der Waals surface area contributed by atoms with Crippen LogP contribution in [0.3, 0.4) is 0 Å². The van der Waals surface area contributed by atoms with Gasteiger partial charge in [-0.25, -0.2) is 0 Å². The lowest BCUT2D eigenvalue weighted by Gasteiger charge is -2.23. The Kier molecular flexibility index (Phi) is 5.91. The van der Waals surface area contributed by atoms with Gasteiger partial charge in [0.15, 0.2) is 18.1 Å². The van der Waals surface area contributed by atoms with E-state index in [9.17, 15) is 4.79 Å². The Morgan fingerprint density at radius 1 is 0.960 bits per heavy atom. The van der Waals surface area contributed by atoms with Crippen molar-refractivity contribution in [3.8, 4) is 17.2 Å². The highest BCUT2D eigenvalue weighted by Crippen LogP contribution is 2.36. The second-order valence-electron chi connectivity index (χ2n) is 6.62. The van der Waals surface area contributed by atoms with Crippen molar-refractivity contribution in [3.05, 3.63) is 48.0 Å². The second-order valence-corrected chi connectivity index (χ2v) is 6.62. The monoisotopic (exact) mass is 343 g/mol. The van der Waals surface area contributed by atoms with Crippen LogP contribution >= 0.6 is 0 Å². The number of hydrogen-bond acceptors (Lipinski definition) is 4. The van der Waals surface area contributed by atoms with Gasteiger partial charge in [0.2, 0.25) is 5.75 Å². The van der Waals surface area contributed by atoms with Crippen molar-refractivity contribution >= 4 is 11.6 Å². The molecule has 0 aliphatic heterocycles. The molecular formula is C20H25NO4. The lowest BCUT2D eigenvalue weighted by molar-refractivity contribution is -0.118. The first kappa shape index (κ1) is 18.6. The molecule has 0 aromatic heterocycles. The predicted molar refractivity (Wildman–Crippen MR) is 98.8 cm³/mol. The molecule has 0 unspecified atom stereocenters. The minimum absolute atomic E-state index is 0.0728. The summed E-state index contributed by atoms with van der Waals surface area (Å²) in [6.45, 7) is 6.17. The van der Waals surface area contributed by atoms with Crippen molar-refractivity contribution in [3.63, 3.8) is 0 Å². The molecule has 2 aromatic carbocycles. The molecule has 2 aromatic rings. The topological polar surface area (TPSA) is 56.8 Å². The van der Waals surface area contributed by atoms with Crippen molar-refractivity contribution in [1.29, 1.82) is 0 Å². The molecule has 0 spiro atoms. The summed E-state index contributed by atoms with van der Waals surface area (Å²) in [6.07, 6.45) is 0. The van der Waals surface area contributed by atoms with Gasteiger partial charge in [0, 0.05) is 5.69 Å².